The van der Waals surface area contributed by atoms with E-state index in [1.807, 2.05) is 42.2 Å². The standard InChI is InChI=1S/C16H19N3O.2ClH/c1-11(17)14-6-8-19(10-14)16(20)13-4-5-15-12(9-13)3-2-7-18-15;;/h2-5,7,9,11,14H,6,8,10,17H2,1H3;2*1H. The van der Waals surface area contributed by atoms with Crippen molar-refractivity contribution in [3.8, 4) is 0 Å². The Bertz CT molecular complexity index is 648. The van der Waals surface area contributed by atoms with E-state index in [-0.39, 0.29) is 36.8 Å². The van der Waals surface area contributed by atoms with Gasteiger partial charge in [-0.3, -0.25) is 9.78 Å². The van der Waals surface area contributed by atoms with Crippen molar-refractivity contribution in [1.82, 2.24) is 9.88 Å². The van der Waals surface area contributed by atoms with Crippen LogP contribution in [-0.2, 0) is 0 Å². The third-order valence-electron chi connectivity index (χ3n) is 4.11. The first kappa shape index (κ1) is 18.7. The molecule has 1 aromatic heterocycles. The Morgan fingerprint density at radius 2 is 2.14 bits per heavy atom. The number of carbonyl (C=O) groups excluding carboxylic acids is 1. The molecule has 0 saturated carbocycles. The Morgan fingerprint density at radius 1 is 1.36 bits per heavy atom. The highest BCUT2D eigenvalue weighted by Gasteiger charge is 2.28. The Hall–Kier alpha value is -1.36. The van der Waals surface area contributed by atoms with E-state index < -0.39 is 0 Å². The molecule has 1 amide bonds. The number of nitrogens with two attached hydrogens (primary N) is 1. The lowest BCUT2D eigenvalue weighted by atomic mass is 10.0. The molecule has 4 nitrogen and oxygen atoms in total. The van der Waals surface area contributed by atoms with E-state index in [0.717, 1.165) is 36.0 Å². The molecule has 0 aliphatic carbocycles. The van der Waals surface area contributed by atoms with Crippen molar-refractivity contribution >= 4 is 41.6 Å². The second-order valence-corrected chi connectivity index (χ2v) is 5.57. The molecule has 1 fully saturated rings. The van der Waals surface area contributed by atoms with Crippen molar-refractivity contribution in [2.45, 2.75) is 19.4 Å². The minimum absolute atomic E-state index is 0. The van der Waals surface area contributed by atoms with Gasteiger partial charge in [-0.2, -0.15) is 0 Å². The monoisotopic (exact) mass is 341 g/mol. The molecule has 1 aliphatic rings. The highest BCUT2D eigenvalue weighted by Crippen LogP contribution is 2.22. The molecule has 2 heterocycles. The van der Waals surface area contributed by atoms with Gasteiger partial charge in [-0.25, -0.2) is 0 Å². The molecule has 2 unspecified atom stereocenters. The summed E-state index contributed by atoms with van der Waals surface area (Å²) in [7, 11) is 0. The maximum atomic E-state index is 12.5. The van der Waals surface area contributed by atoms with Gasteiger partial charge < -0.3 is 10.6 Å². The van der Waals surface area contributed by atoms with Crippen LogP contribution in [0, 0.1) is 5.92 Å². The average Bonchev–Trinajstić information content (AvgIpc) is 2.96. The molecule has 22 heavy (non-hydrogen) atoms. The molecule has 2 N–H and O–H groups in total. The van der Waals surface area contributed by atoms with Crippen molar-refractivity contribution in [3.63, 3.8) is 0 Å². The number of fused-ring (bicyclic) bond motifs is 1. The van der Waals surface area contributed by atoms with Gasteiger partial charge in [-0.05, 0) is 43.5 Å². The van der Waals surface area contributed by atoms with Crippen LogP contribution in [0.5, 0.6) is 0 Å². The van der Waals surface area contributed by atoms with Crippen molar-refractivity contribution in [1.29, 1.82) is 0 Å². The van der Waals surface area contributed by atoms with Crippen molar-refractivity contribution in [2.24, 2.45) is 11.7 Å². The van der Waals surface area contributed by atoms with Crippen molar-refractivity contribution in [2.75, 3.05) is 13.1 Å². The normalized spacial score (nSPS) is 18.5. The molecule has 0 spiro atoms. The molecule has 1 saturated heterocycles. The van der Waals surface area contributed by atoms with Gasteiger partial charge in [0.15, 0.2) is 0 Å². The number of aromatic nitrogens is 1. The first-order chi connectivity index (χ1) is 9.65. The summed E-state index contributed by atoms with van der Waals surface area (Å²) in [6.45, 7) is 3.58. The van der Waals surface area contributed by atoms with Crippen LogP contribution in [0.1, 0.15) is 23.7 Å². The lowest BCUT2D eigenvalue weighted by Crippen LogP contribution is -2.32. The highest BCUT2D eigenvalue weighted by atomic mass is 35.5. The third kappa shape index (κ3) is 3.69. The number of nitrogens with zero attached hydrogens (tertiary/aromatic N) is 2. The lowest BCUT2D eigenvalue weighted by molar-refractivity contribution is 0.0786. The summed E-state index contributed by atoms with van der Waals surface area (Å²) in [5.41, 5.74) is 7.57. The number of amides is 1. The molecule has 1 aromatic carbocycles. The fourth-order valence-corrected chi connectivity index (χ4v) is 2.79. The van der Waals surface area contributed by atoms with Crippen LogP contribution >= 0.6 is 24.8 Å². The molecule has 0 bridgehead atoms. The number of rotatable bonds is 2. The number of halogens is 2. The van der Waals surface area contributed by atoms with Crippen molar-refractivity contribution < 1.29 is 4.79 Å². The van der Waals surface area contributed by atoms with Crippen LogP contribution < -0.4 is 5.73 Å². The Morgan fingerprint density at radius 3 is 2.82 bits per heavy atom. The Kier molecular flexibility index (Phi) is 6.60. The Balaban J connectivity index is 0.00000121. The van der Waals surface area contributed by atoms with Gasteiger partial charge in [-0.15, -0.1) is 24.8 Å². The molecule has 120 valence electrons. The van der Waals surface area contributed by atoms with E-state index in [0.29, 0.717) is 5.92 Å². The van der Waals surface area contributed by atoms with Gasteiger partial charge in [0.05, 0.1) is 5.52 Å². The second kappa shape index (κ2) is 7.77. The van der Waals surface area contributed by atoms with Crippen LogP contribution in [0.15, 0.2) is 36.5 Å². The zero-order valence-electron chi connectivity index (χ0n) is 12.4. The first-order valence-electron chi connectivity index (χ1n) is 7.05. The molecule has 6 heteroatoms. The first-order valence-corrected chi connectivity index (χ1v) is 7.05. The van der Waals surface area contributed by atoms with Crippen LogP contribution in [0.2, 0.25) is 0 Å². The fourth-order valence-electron chi connectivity index (χ4n) is 2.79. The molecule has 2 atom stereocenters. The largest absolute Gasteiger partial charge is 0.338 e. The van der Waals surface area contributed by atoms with Gasteiger partial charge in [0.1, 0.15) is 0 Å². The zero-order valence-corrected chi connectivity index (χ0v) is 14.1. The number of hydrogen-bond acceptors (Lipinski definition) is 3. The molecular formula is C16H21Cl2N3O. The van der Waals surface area contributed by atoms with Crippen LogP contribution in [-0.4, -0.2) is 34.9 Å². The van der Waals surface area contributed by atoms with E-state index in [9.17, 15) is 4.79 Å². The van der Waals surface area contributed by atoms with Crippen molar-refractivity contribution in [3.05, 3.63) is 42.1 Å². The number of hydrogen-bond donors (Lipinski definition) is 1. The quantitative estimate of drug-likeness (QED) is 0.913. The predicted octanol–water partition coefficient (Wildman–Crippen LogP) is 2.89. The summed E-state index contributed by atoms with van der Waals surface area (Å²) in [6, 6.07) is 9.70. The highest BCUT2D eigenvalue weighted by molar-refractivity contribution is 5.98. The maximum Gasteiger partial charge on any atom is 0.253 e. The minimum Gasteiger partial charge on any atom is -0.338 e. The van der Waals surface area contributed by atoms with E-state index in [1.165, 1.54) is 0 Å². The number of pyridine rings is 1. The smallest absolute Gasteiger partial charge is 0.253 e. The molecule has 0 radical (unpaired) electrons. The van der Waals surface area contributed by atoms with Crippen LogP contribution in [0.4, 0.5) is 0 Å². The second-order valence-electron chi connectivity index (χ2n) is 5.57. The summed E-state index contributed by atoms with van der Waals surface area (Å²) in [4.78, 5) is 18.7. The number of carbonyl (C=O) groups is 1. The number of benzene rings is 1. The van der Waals surface area contributed by atoms with Gasteiger partial charge in [0, 0.05) is 36.3 Å². The van der Waals surface area contributed by atoms with Gasteiger partial charge in [-0.1, -0.05) is 6.07 Å². The molecule has 1 aliphatic heterocycles. The summed E-state index contributed by atoms with van der Waals surface area (Å²) in [6.07, 6.45) is 2.76. The van der Waals surface area contributed by atoms with E-state index in [2.05, 4.69) is 4.98 Å². The van der Waals surface area contributed by atoms with E-state index >= 15 is 0 Å². The molecular weight excluding hydrogens is 321 g/mol. The fraction of sp³-hybridized carbons (Fsp3) is 0.375. The number of likely N-dealkylation sites (tertiary alicyclic amines) is 1. The maximum absolute atomic E-state index is 12.5. The summed E-state index contributed by atoms with van der Waals surface area (Å²) in [5.74, 6) is 0.514. The zero-order chi connectivity index (χ0) is 14.1. The lowest BCUT2D eigenvalue weighted by Gasteiger charge is -2.18. The van der Waals surface area contributed by atoms with Gasteiger partial charge in [0.25, 0.3) is 5.91 Å². The van der Waals surface area contributed by atoms with E-state index in [1.54, 1.807) is 6.20 Å². The van der Waals surface area contributed by atoms with Crippen LogP contribution in [0.3, 0.4) is 0 Å². The molecule has 2 aromatic rings. The van der Waals surface area contributed by atoms with E-state index in [4.69, 9.17) is 5.73 Å². The topological polar surface area (TPSA) is 59.2 Å². The van der Waals surface area contributed by atoms with Gasteiger partial charge in [0.2, 0.25) is 0 Å². The molecule has 3 rings (SSSR count). The minimum atomic E-state index is 0. The Labute approximate surface area is 142 Å². The third-order valence-corrected chi connectivity index (χ3v) is 4.11. The summed E-state index contributed by atoms with van der Waals surface area (Å²) in [5, 5.41) is 1.00. The van der Waals surface area contributed by atoms with Gasteiger partial charge >= 0.3 is 0 Å². The average molecular weight is 342 g/mol. The summed E-state index contributed by atoms with van der Waals surface area (Å²) >= 11 is 0. The SMILES string of the molecule is CC(N)C1CCN(C(=O)c2ccc3ncccc3c2)C1.Cl.Cl. The van der Waals surface area contributed by atoms with Crippen LogP contribution in [0.25, 0.3) is 10.9 Å². The summed E-state index contributed by atoms with van der Waals surface area (Å²) < 4.78 is 0. The predicted molar refractivity (Wildman–Crippen MR) is 93.9 cm³/mol.